The van der Waals surface area contributed by atoms with E-state index in [-0.39, 0.29) is 0 Å². The third kappa shape index (κ3) is 2.19. The van der Waals surface area contributed by atoms with Crippen molar-refractivity contribution in [2.75, 3.05) is 10.6 Å². The first-order valence-electron chi connectivity index (χ1n) is 6.50. The molecule has 1 aliphatic heterocycles. The van der Waals surface area contributed by atoms with Gasteiger partial charge in [-0.15, -0.1) is 0 Å². The first kappa shape index (κ1) is 11.1. The zero-order valence-electron chi connectivity index (χ0n) is 10.6. The zero-order chi connectivity index (χ0) is 12.4. The maximum atomic E-state index is 3.63. The van der Waals surface area contributed by atoms with Crippen LogP contribution in [0.3, 0.4) is 0 Å². The van der Waals surface area contributed by atoms with Gasteiger partial charge in [0.2, 0.25) is 0 Å². The van der Waals surface area contributed by atoms with Gasteiger partial charge in [0.15, 0.2) is 0 Å². The van der Waals surface area contributed by atoms with E-state index in [2.05, 4.69) is 66.1 Å². The average molecular weight is 238 g/mol. The van der Waals surface area contributed by atoms with Crippen LogP contribution in [0.15, 0.2) is 54.6 Å². The monoisotopic (exact) mass is 238 g/mol. The lowest BCUT2D eigenvalue weighted by molar-refractivity contribution is 0.600. The summed E-state index contributed by atoms with van der Waals surface area (Å²) in [5, 5.41) is 7.16. The predicted octanol–water partition coefficient (Wildman–Crippen LogP) is 4.04. The number of para-hydroxylation sites is 2. The Balaban J connectivity index is 1.89. The van der Waals surface area contributed by atoms with Gasteiger partial charge in [0.05, 0.1) is 6.04 Å². The summed E-state index contributed by atoms with van der Waals surface area (Å²) in [7, 11) is 0. The summed E-state index contributed by atoms with van der Waals surface area (Å²) >= 11 is 0. The number of fused-ring (bicyclic) bond motifs is 1. The summed E-state index contributed by atoms with van der Waals surface area (Å²) in [4.78, 5) is 0. The largest absolute Gasteiger partial charge is 0.382 e. The number of rotatable bonds is 2. The van der Waals surface area contributed by atoms with E-state index < -0.39 is 0 Å². The van der Waals surface area contributed by atoms with Crippen molar-refractivity contribution in [3.8, 4) is 0 Å². The van der Waals surface area contributed by atoms with Crippen LogP contribution in [0.2, 0.25) is 0 Å². The second kappa shape index (κ2) is 4.73. The van der Waals surface area contributed by atoms with E-state index in [1.54, 1.807) is 0 Å². The van der Waals surface area contributed by atoms with Crippen molar-refractivity contribution in [1.29, 1.82) is 0 Å². The molecule has 3 rings (SSSR count). The number of nitrogens with one attached hydrogen (secondary N) is 2. The summed E-state index contributed by atoms with van der Waals surface area (Å²) in [6, 6.07) is 19.9. The van der Waals surface area contributed by atoms with Crippen LogP contribution in [0.5, 0.6) is 0 Å². The Morgan fingerprint density at radius 1 is 1.00 bits per heavy atom. The summed E-state index contributed by atoms with van der Waals surface area (Å²) in [6.45, 7) is 2.23. The van der Waals surface area contributed by atoms with Crippen LogP contribution >= 0.6 is 0 Å². The van der Waals surface area contributed by atoms with Crippen LogP contribution in [0.4, 0.5) is 11.4 Å². The van der Waals surface area contributed by atoms with Gasteiger partial charge in [-0.25, -0.2) is 0 Å². The molecular weight excluding hydrogens is 220 g/mol. The molecule has 0 radical (unpaired) electrons. The quantitative estimate of drug-likeness (QED) is 0.825. The van der Waals surface area contributed by atoms with E-state index in [1.807, 2.05) is 6.07 Å². The molecule has 92 valence electrons. The van der Waals surface area contributed by atoms with Crippen molar-refractivity contribution in [1.82, 2.24) is 0 Å². The lowest BCUT2D eigenvalue weighted by Gasteiger charge is -2.32. The fourth-order valence-corrected chi connectivity index (χ4v) is 2.61. The number of anilines is 2. The van der Waals surface area contributed by atoms with Crippen LogP contribution in [0, 0.1) is 0 Å². The normalized spacial score (nSPS) is 21.8. The highest BCUT2D eigenvalue weighted by atomic mass is 15.0. The highest BCUT2D eigenvalue weighted by molar-refractivity contribution is 5.58. The lowest BCUT2D eigenvalue weighted by Crippen LogP contribution is -2.28. The highest BCUT2D eigenvalue weighted by Gasteiger charge is 2.23. The maximum Gasteiger partial charge on any atom is 0.0553 e. The molecule has 2 aromatic carbocycles. The van der Waals surface area contributed by atoms with Gasteiger partial charge in [-0.3, -0.25) is 0 Å². The van der Waals surface area contributed by atoms with Crippen LogP contribution in [0.25, 0.3) is 0 Å². The molecule has 18 heavy (non-hydrogen) atoms. The molecule has 1 aliphatic rings. The maximum absolute atomic E-state index is 3.63. The van der Waals surface area contributed by atoms with Crippen molar-refractivity contribution < 1.29 is 0 Å². The molecule has 0 saturated carbocycles. The lowest BCUT2D eigenvalue weighted by atomic mass is 9.93. The fraction of sp³-hybridized carbons (Fsp3) is 0.250. The minimum Gasteiger partial charge on any atom is -0.382 e. The van der Waals surface area contributed by atoms with Gasteiger partial charge in [0.1, 0.15) is 0 Å². The topological polar surface area (TPSA) is 24.1 Å². The van der Waals surface area contributed by atoms with Crippen LogP contribution in [-0.2, 0) is 0 Å². The van der Waals surface area contributed by atoms with Gasteiger partial charge < -0.3 is 10.6 Å². The number of hydrogen-bond donors (Lipinski definition) is 2. The van der Waals surface area contributed by atoms with Gasteiger partial charge in [-0.1, -0.05) is 36.4 Å². The molecule has 0 amide bonds. The Labute approximate surface area is 108 Å². The molecule has 0 aromatic heterocycles. The molecule has 2 atom stereocenters. The Morgan fingerprint density at radius 2 is 1.72 bits per heavy atom. The van der Waals surface area contributed by atoms with Crippen molar-refractivity contribution in [3.05, 3.63) is 60.2 Å². The van der Waals surface area contributed by atoms with Crippen LogP contribution < -0.4 is 10.6 Å². The Hall–Kier alpha value is -1.96. The first-order valence-corrected chi connectivity index (χ1v) is 6.50. The first-order chi connectivity index (χ1) is 8.83. The third-order valence-electron chi connectivity index (χ3n) is 3.44. The molecule has 2 heteroatoms. The second-order valence-electron chi connectivity index (χ2n) is 4.93. The molecule has 2 nitrogen and oxygen atoms in total. The minimum atomic E-state index is 0.389. The molecule has 0 spiro atoms. The molecule has 1 heterocycles. The number of hydrogen-bond acceptors (Lipinski definition) is 2. The molecular formula is C16H18N2. The molecule has 2 N–H and O–H groups in total. The molecule has 2 aromatic rings. The van der Waals surface area contributed by atoms with Crippen molar-refractivity contribution in [2.24, 2.45) is 0 Å². The SMILES string of the molecule is C[C@H]1C[C@H](Nc2ccccc2)c2ccccc2N1. The predicted molar refractivity (Wildman–Crippen MR) is 76.9 cm³/mol. The average Bonchev–Trinajstić information content (AvgIpc) is 2.40. The summed E-state index contributed by atoms with van der Waals surface area (Å²) in [5.74, 6) is 0. The van der Waals surface area contributed by atoms with E-state index in [0.717, 1.165) is 6.42 Å². The van der Waals surface area contributed by atoms with E-state index in [0.29, 0.717) is 12.1 Å². The summed E-state index contributed by atoms with van der Waals surface area (Å²) < 4.78 is 0. The van der Waals surface area contributed by atoms with Crippen LogP contribution in [0.1, 0.15) is 24.9 Å². The minimum absolute atomic E-state index is 0.389. The Kier molecular flexibility index (Phi) is 2.93. The second-order valence-corrected chi connectivity index (χ2v) is 4.93. The molecule has 0 aliphatic carbocycles. The smallest absolute Gasteiger partial charge is 0.0553 e. The van der Waals surface area contributed by atoms with Gasteiger partial charge >= 0.3 is 0 Å². The van der Waals surface area contributed by atoms with E-state index in [4.69, 9.17) is 0 Å². The van der Waals surface area contributed by atoms with Gasteiger partial charge in [-0.05, 0) is 37.1 Å². The van der Waals surface area contributed by atoms with E-state index in [1.165, 1.54) is 16.9 Å². The summed E-state index contributed by atoms with van der Waals surface area (Å²) in [6.07, 6.45) is 1.10. The summed E-state index contributed by atoms with van der Waals surface area (Å²) in [5.41, 5.74) is 3.80. The Bertz CT molecular complexity index is 522. The van der Waals surface area contributed by atoms with E-state index in [9.17, 15) is 0 Å². The van der Waals surface area contributed by atoms with Gasteiger partial charge in [0.25, 0.3) is 0 Å². The van der Waals surface area contributed by atoms with E-state index >= 15 is 0 Å². The molecule has 0 bridgehead atoms. The molecule has 0 unspecified atom stereocenters. The standard InChI is InChI=1S/C16H18N2/c1-12-11-16(18-13-7-3-2-4-8-13)14-9-5-6-10-15(14)17-12/h2-10,12,16-18H,11H2,1H3/t12-,16-/m0/s1. The van der Waals surface area contributed by atoms with Crippen molar-refractivity contribution in [2.45, 2.75) is 25.4 Å². The Morgan fingerprint density at radius 3 is 2.56 bits per heavy atom. The molecule has 0 saturated heterocycles. The van der Waals surface area contributed by atoms with Crippen molar-refractivity contribution in [3.63, 3.8) is 0 Å². The molecule has 0 fully saturated rings. The van der Waals surface area contributed by atoms with Crippen LogP contribution in [-0.4, -0.2) is 6.04 Å². The van der Waals surface area contributed by atoms with Gasteiger partial charge in [0, 0.05) is 17.4 Å². The van der Waals surface area contributed by atoms with Crippen molar-refractivity contribution >= 4 is 11.4 Å². The fourth-order valence-electron chi connectivity index (χ4n) is 2.61. The zero-order valence-corrected chi connectivity index (χ0v) is 10.6. The third-order valence-corrected chi connectivity index (χ3v) is 3.44. The number of benzene rings is 2. The van der Waals surface area contributed by atoms with Gasteiger partial charge in [-0.2, -0.15) is 0 Å². The highest BCUT2D eigenvalue weighted by Crippen LogP contribution is 2.34.